The number of fused-ring (bicyclic) bond motifs is 5. The fourth-order valence-electron chi connectivity index (χ4n) is 3.68. The van der Waals surface area contributed by atoms with Crippen LogP contribution in [-0.2, 0) is 12.8 Å². The topological polar surface area (TPSA) is 24.4 Å². The third-order valence-electron chi connectivity index (χ3n) is 4.88. The van der Waals surface area contributed by atoms with Crippen molar-refractivity contribution in [2.75, 3.05) is 0 Å². The largest absolute Gasteiger partial charge is 0.353 e. The lowest BCUT2D eigenvalue weighted by molar-refractivity contribution is 0.690. The summed E-state index contributed by atoms with van der Waals surface area (Å²) < 4.78 is 0. The minimum atomic E-state index is 1.25. The molecule has 5 rings (SSSR count). The van der Waals surface area contributed by atoms with Gasteiger partial charge in [-0.3, -0.25) is 0 Å². The van der Waals surface area contributed by atoms with E-state index in [0.29, 0.717) is 0 Å². The molecule has 124 valence electrons. The van der Waals surface area contributed by atoms with Gasteiger partial charge in [0.1, 0.15) is 0 Å². The van der Waals surface area contributed by atoms with Crippen LogP contribution in [0.15, 0.2) is 78.1 Å². The van der Waals surface area contributed by atoms with Crippen molar-refractivity contribution in [1.82, 2.24) is 5.32 Å². The molecule has 0 saturated carbocycles. The maximum absolute atomic E-state index is 3.79. The molecule has 3 aromatic rings. The third kappa shape index (κ3) is 3.34. The molecule has 1 aliphatic carbocycles. The maximum atomic E-state index is 3.79. The average molecular weight is 326 g/mol. The Labute approximate surface area is 148 Å². The molecule has 3 aromatic carbocycles. The summed E-state index contributed by atoms with van der Waals surface area (Å²) in [4.78, 5) is 3.79. The van der Waals surface area contributed by atoms with E-state index in [9.17, 15) is 0 Å². The summed E-state index contributed by atoms with van der Waals surface area (Å²) in [5, 5.41) is 8.45. The molecular formula is C23H22N2. The Morgan fingerprint density at radius 1 is 0.760 bits per heavy atom. The highest BCUT2D eigenvalue weighted by molar-refractivity contribution is 6.08. The second kappa shape index (κ2) is 7.35. The quantitative estimate of drug-likeness (QED) is 0.541. The van der Waals surface area contributed by atoms with Crippen molar-refractivity contribution < 1.29 is 0 Å². The van der Waals surface area contributed by atoms with Gasteiger partial charge in [0.25, 0.3) is 0 Å². The summed E-state index contributed by atoms with van der Waals surface area (Å²) in [5.41, 5.74) is 3.17. The third-order valence-corrected chi connectivity index (χ3v) is 4.88. The van der Waals surface area contributed by atoms with Crippen LogP contribution in [0, 0.1) is 0 Å². The molecule has 0 atom stereocenters. The van der Waals surface area contributed by atoms with Gasteiger partial charge in [0.15, 0.2) is 0 Å². The molecule has 25 heavy (non-hydrogen) atoms. The monoisotopic (exact) mass is 326 g/mol. The normalized spacial score (nSPS) is 15.2. The molecule has 0 saturated heterocycles. The number of rotatable bonds is 0. The van der Waals surface area contributed by atoms with E-state index in [1.165, 1.54) is 47.2 Å². The fourth-order valence-corrected chi connectivity index (χ4v) is 3.68. The Morgan fingerprint density at radius 2 is 1.64 bits per heavy atom. The predicted molar refractivity (Wildman–Crippen MR) is 108 cm³/mol. The van der Waals surface area contributed by atoms with E-state index in [2.05, 4.69) is 58.8 Å². The van der Waals surface area contributed by atoms with E-state index in [-0.39, 0.29) is 0 Å². The predicted octanol–water partition coefficient (Wildman–Crippen LogP) is 5.52. The molecule has 0 aromatic heterocycles. The van der Waals surface area contributed by atoms with E-state index in [0.717, 1.165) is 0 Å². The van der Waals surface area contributed by atoms with Gasteiger partial charge in [0.2, 0.25) is 0 Å². The highest BCUT2D eigenvalue weighted by Crippen LogP contribution is 2.33. The second-order valence-corrected chi connectivity index (χ2v) is 6.44. The Hall–Kier alpha value is -2.87. The molecule has 1 heterocycles. The molecule has 0 bridgehead atoms. The first-order chi connectivity index (χ1) is 12.4. The van der Waals surface area contributed by atoms with Crippen LogP contribution < -0.4 is 5.32 Å². The van der Waals surface area contributed by atoms with E-state index in [4.69, 9.17) is 0 Å². The van der Waals surface area contributed by atoms with Gasteiger partial charge in [0, 0.05) is 12.4 Å². The number of nitrogens with one attached hydrogen (secondary N) is 1. The van der Waals surface area contributed by atoms with E-state index in [1.54, 1.807) is 23.7 Å². The van der Waals surface area contributed by atoms with E-state index >= 15 is 0 Å². The number of aliphatic imine (C=N–C) groups is 1. The van der Waals surface area contributed by atoms with Crippen LogP contribution in [0.1, 0.15) is 24.0 Å². The molecule has 0 amide bonds. The number of benzene rings is 3. The Balaban J connectivity index is 0.000000190. The lowest BCUT2D eigenvalue weighted by Gasteiger charge is -2.18. The van der Waals surface area contributed by atoms with Gasteiger partial charge in [-0.05, 0) is 70.5 Å². The van der Waals surface area contributed by atoms with Gasteiger partial charge in [-0.25, -0.2) is 4.99 Å². The highest BCUT2D eigenvalue weighted by Gasteiger charge is 2.13. The summed E-state index contributed by atoms with van der Waals surface area (Å²) in [6.45, 7) is 0. The Bertz CT molecular complexity index is 966. The summed E-state index contributed by atoms with van der Waals surface area (Å²) >= 11 is 0. The smallest absolute Gasteiger partial charge is 0.0918 e. The summed E-state index contributed by atoms with van der Waals surface area (Å²) in [6.07, 6.45) is 14.1. The standard InChI is InChI=1S/C18H16.C5H6N2/c1-3-7-15-13(5-1)9-11-18-16-8-4-2-6-14(16)10-12-17(15)18;1-2-4-7-5-6-3-1/h1,3,5,7,9-12H,2,4,6,8H2;1-5H,(H,6,7). The first kappa shape index (κ1) is 15.6. The van der Waals surface area contributed by atoms with Gasteiger partial charge in [0.05, 0.1) is 6.34 Å². The number of nitrogens with zero attached hydrogens (tertiary/aromatic N) is 1. The lowest BCUT2D eigenvalue weighted by atomic mass is 9.86. The summed E-state index contributed by atoms with van der Waals surface area (Å²) in [5.74, 6) is 0. The number of hydrogen-bond donors (Lipinski definition) is 1. The van der Waals surface area contributed by atoms with Gasteiger partial charge in [-0.15, -0.1) is 0 Å². The second-order valence-electron chi connectivity index (χ2n) is 6.44. The molecule has 0 spiro atoms. The van der Waals surface area contributed by atoms with Crippen molar-refractivity contribution in [2.45, 2.75) is 25.7 Å². The van der Waals surface area contributed by atoms with Crippen molar-refractivity contribution in [3.8, 4) is 0 Å². The Morgan fingerprint density at radius 3 is 2.64 bits per heavy atom. The molecule has 0 fully saturated rings. The zero-order chi connectivity index (χ0) is 16.9. The first-order valence-corrected chi connectivity index (χ1v) is 8.95. The molecule has 0 radical (unpaired) electrons. The summed E-state index contributed by atoms with van der Waals surface area (Å²) in [7, 11) is 0. The van der Waals surface area contributed by atoms with E-state index < -0.39 is 0 Å². The maximum Gasteiger partial charge on any atom is 0.0918 e. The van der Waals surface area contributed by atoms with Crippen molar-refractivity contribution in [1.29, 1.82) is 0 Å². The van der Waals surface area contributed by atoms with Crippen LogP contribution in [0.2, 0.25) is 0 Å². The molecule has 1 aliphatic heterocycles. The van der Waals surface area contributed by atoms with Gasteiger partial charge in [-0.1, -0.05) is 48.5 Å². The number of allylic oxidation sites excluding steroid dienone is 2. The number of hydrogen-bond acceptors (Lipinski definition) is 2. The van der Waals surface area contributed by atoms with Crippen LogP contribution in [0.25, 0.3) is 21.5 Å². The van der Waals surface area contributed by atoms with Gasteiger partial charge >= 0.3 is 0 Å². The molecular weight excluding hydrogens is 304 g/mol. The van der Waals surface area contributed by atoms with Crippen LogP contribution in [0.5, 0.6) is 0 Å². The highest BCUT2D eigenvalue weighted by atomic mass is 14.9. The molecule has 0 unspecified atom stereocenters. The first-order valence-electron chi connectivity index (χ1n) is 8.95. The van der Waals surface area contributed by atoms with Crippen LogP contribution in [-0.4, -0.2) is 6.34 Å². The van der Waals surface area contributed by atoms with Crippen LogP contribution >= 0.6 is 0 Å². The van der Waals surface area contributed by atoms with Gasteiger partial charge in [-0.2, -0.15) is 0 Å². The zero-order valence-electron chi connectivity index (χ0n) is 14.3. The van der Waals surface area contributed by atoms with E-state index in [1.807, 2.05) is 18.4 Å². The average Bonchev–Trinajstić information content (AvgIpc) is 3.01. The summed E-state index contributed by atoms with van der Waals surface area (Å²) in [6, 6.07) is 18.0. The fraction of sp³-hybridized carbons (Fsp3) is 0.174. The zero-order valence-corrected chi connectivity index (χ0v) is 14.3. The van der Waals surface area contributed by atoms with Crippen molar-refractivity contribution in [2.24, 2.45) is 4.99 Å². The van der Waals surface area contributed by atoms with Crippen LogP contribution in [0.3, 0.4) is 0 Å². The minimum absolute atomic E-state index is 1.25. The van der Waals surface area contributed by atoms with Crippen molar-refractivity contribution in [3.05, 3.63) is 84.2 Å². The SMILES string of the molecule is C1=CN=CNC=C1.c1ccc2c(c1)ccc1c3c(ccc12)CCCC3. The molecule has 2 nitrogen and oxygen atoms in total. The van der Waals surface area contributed by atoms with Crippen molar-refractivity contribution in [3.63, 3.8) is 0 Å². The molecule has 2 heteroatoms. The van der Waals surface area contributed by atoms with Gasteiger partial charge < -0.3 is 5.32 Å². The molecule has 1 N–H and O–H groups in total. The van der Waals surface area contributed by atoms with Crippen LogP contribution in [0.4, 0.5) is 0 Å². The molecule has 2 aliphatic rings. The lowest BCUT2D eigenvalue weighted by Crippen LogP contribution is -2.02. The van der Waals surface area contributed by atoms with Crippen molar-refractivity contribution >= 4 is 27.9 Å². The Kier molecular flexibility index (Phi) is 4.60. The number of aryl methyl sites for hydroxylation is 2. The minimum Gasteiger partial charge on any atom is -0.353 e.